The van der Waals surface area contributed by atoms with Gasteiger partial charge in [0.2, 0.25) is 0 Å². The lowest BCUT2D eigenvalue weighted by Gasteiger charge is -2.32. The first-order chi connectivity index (χ1) is 8.08. The van der Waals surface area contributed by atoms with Crippen molar-refractivity contribution in [3.05, 3.63) is 40.4 Å². The number of fused-ring (bicyclic) bond motifs is 4. The van der Waals surface area contributed by atoms with Gasteiger partial charge in [-0.3, -0.25) is 4.84 Å². The molecule has 17 heavy (non-hydrogen) atoms. The predicted octanol–water partition coefficient (Wildman–Crippen LogP) is 3.66. The van der Waals surface area contributed by atoms with E-state index in [-0.39, 0.29) is 0 Å². The molecule has 0 unspecified atom stereocenters. The summed E-state index contributed by atoms with van der Waals surface area (Å²) in [5.41, 5.74) is 4.75. The van der Waals surface area contributed by atoms with E-state index in [1.54, 1.807) is 0 Å². The molecule has 3 rings (SSSR count). The minimum Gasteiger partial charge on any atom is -0.269 e. The van der Waals surface area contributed by atoms with Gasteiger partial charge >= 0.3 is 0 Å². The Kier molecular flexibility index (Phi) is 2.46. The number of hydrogen-bond acceptors (Lipinski definition) is 2. The molecule has 0 spiro atoms. The first kappa shape index (κ1) is 11.1. The number of rotatable bonds is 1. The Bertz CT molecular complexity index is 497. The zero-order valence-electron chi connectivity index (χ0n) is 10.2. The second-order valence-corrected chi connectivity index (χ2v) is 5.44. The van der Waals surface area contributed by atoms with Crippen molar-refractivity contribution in [2.45, 2.75) is 38.8 Å². The molecule has 2 aliphatic heterocycles. The molecular weight excluding hydrogens is 234 g/mol. The largest absolute Gasteiger partial charge is 0.269 e. The first-order valence-corrected chi connectivity index (χ1v) is 6.35. The Hall–Kier alpha value is -0.990. The van der Waals surface area contributed by atoms with E-state index in [4.69, 9.17) is 16.4 Å². The lowest BCUT2D eigenvalue weighted by molar-refractivity contribution is 0.0746. The number of hydroxylamine groups is 1. The van der Waals surface area contributed by atoms with Gasteiger partial charge in [-0.15, -0.1) is 0 Å². The van der Waals surface area contributed by atoms with Gasteiger partial charge in [-0.25, -0.2) is 5.06 Å². The van der Waals surface area contributed by atoms with Gasteiger partial charge in [-0.2, -0.15) is 0 Å². The quantitative estimate of drug-likeness (QED) is 0.705. The monoisotopic (exact) mass is 249 g/mol. The van der Waals surface area contributed by atoms with Crippen LogP contribution in [0.5, 0.6) is 0 Å². The van der Waals surface area contributed by atoms with Crippen LogP contribution in [0, 0.1) is 6.92 Å². The molecule has 1 aromatic carbocycles. The van der Waals surface area contributed by atoms with Crippen LogP contribution in [0.1, 0.15) is 24.5 Å². The summed E-state index contributed by atoms with van der Waals surface area (Å²) >= 11 is 6.20. The van der Waals surface area contributed by atoms with Crippen molar-refractivity contribution in [3.8, 4) is 0 Å². The third kappa shape index (κ3) is 1.59. The van der Waals surface area contributed by atoms with Crippen LogP contribution < -0.4 is 5.06 Å². The number of hydrogen-bond donors (Lipinski definition) is 0. The van der Waals surface area contributed by atoms with E-state index in [1.165, 1.54) is 5.56 Å². The fraction of sp³-hybridized carbons (Fsp3) is 0.429. The molecule has 0 saturated carbocycles. The molecule has 90 valence electrons. The van der Waals surface area contributed by atoms with Gasteiger partial charge in [-0.1, -0.05) is 29.8 Å². The summed E-state index contributed by atoms with van der Waals surface area (Å²) in [6, 6.07) is 4.39. The van der Waals surface area contributed by atoms with Crippen LogP contribution in [0.4, 0.5) is 5.69 Å². The molecule has 1 saturated heterocycles. The van der Waals surface area contributed by atoms with Gasteiger partial charge in [0, 0.05) is 17.9 Å². The van der Waals surface area contributed by atoms with Gasteiger partial charge in [0.05, 0.1) is 17.8 Å². The molecule has 2 heterocycles. The smallest absolute Gasteiger partial charge is 0.0921 e. The highest BCUT2D eigenvalue weighted by molar-refractivity contribution is 6.31. The molecule has 2 bridgehead atoms. The lowest BCUT2D eigenvalue weighted by atomic mass is 10.0. The molecule has 2 aliphatic rings. The summed E-state index contributed by atoms with van der Waals surface area (Å²) in [4.78, 5) is 5.95. The van der Waals surface area contributed by atoms with Crippen molar-refractivity contribution in [2.24, 2.45) is 0 Å². The zero-order chi connectivity index (χ0) is 12.2. The van der Waals surface area contributed by atoms with Gasteiger partial charge in [0.1, 0.15) is 0 Å². The van der Waals surface area contributed by atoms with Crippen LogP contribution in [0.15, 0.2) is 24.3 Å². The van der Waals surface area contributed by atoms with Crippen LogP contribution >= 0.6 is 11.6 Å². The summed E-state index contributed by atoms with van der Waals surface area (Å²) in [6.45, 7) is 8.19. The maximum Gasteiger partial charge on any atom is 0.0921 e. The minimum atomic E-state index is 0.290. The van der Waals surface area contributed by atoms with Crippen LogP contribution in [-0.4, -0.2) is 12.1 Å². The molecule has 3 heteroatoms. The van der Waals surface area contributed by atoms with Crippen LogP contribution in [-0.2, 0) is 11.3 Å². The highest BCUT2D eigenvalue weighted by atomic mass is 35.5. The summed E-state index contributed by atoms with van der Waals surface area (Å²) < 4.78 is 0. The van der Waals surface area contributed by atoms with Gasteiger partial charge in [0.25, 0.3) is 0 Å². The molecule has 0 N–H and O–H groups in total. The molecule has 0 aliphatic carbocycles. The Labute approximate surface area is 107 Å². The fourth-order valence-corrected chi connectivity index (χ4v) is 2.95. The van der Waals surface area contributed by atoms with Crippen molar-refractivity contribution in [1.82, 2.24) is 0 Å². The maximum absolute atomic E-state index is 6.20. The third-order valence-electron chi connectivity index (χ3n) is 3.72. The fourth-order valence-electron chi connectivity index (χ4n) is 2.80. The summed E-state index contributed by atoms with van der Waals surface area (Å²) in [7, 11) is 0. The molecule has 2 atom stereocenters. The maximum atomic E-state index is 6.20. The molecule has 0 aromatic heterocycles. The van der Waals surface area contributed by atoms with E-state index >= 15 is 0 Å². The van der Waals surface area contributed by atoms with E-state index in [1.807, 2.05) is 11.1 Å². The number of nitrogens with zero attached hydrogens (tertiary/aromatic N) is 1. The van der Waals surface area contributed by atoms with Crippen LogP contribution in [0.3, 0.4) is 0 Å². The third-order valence-corrected chi connectivity index (χ3v) is 4.13. The zero-order valence-corrected chi connectivity index (χ0v) is 10.9. The molecule has 1 fully saturated rings. The highest BCUT2D eigenvalue weighted by Crippen LogP contribution is 2.43. The minimum absolute atomic E-state index is 0.290. The number of halogens is 1. The van der Waals surface area contributed by atoms with Gasteiger partial charge in [0.15, 0.2) is 0 Å². The van der Waals surface area contributed by atoms with Crippen LogP contribution in [0.2, 0.25) is 5.02 Å². The lowest BCUT2D eigenvalue weighted by Crippen LogP contribution is -2.32. The summed E-state index contributed by atoms with van der Waals surface area (Å²) in [6.07, 6.45) is 2.30. The topological polar surface area (TPSA) is 12.5 Å². The van der Waals surface area contributed by atoms with E-state index in [9.17, 15) is 0 Å². The standard InChI is InChI=1S/C14H16ClNO/c1-8(2)13-7-11-6-10-4-5-12(15)9(3)14(10)16(13)17-11/h4-5,11,13H,1,6-7H2,2-3H3/t11-,13+/m1/s1. The SMILES string of the molecule is C=C(C)[C@@H]1C[C@H]2Cc3ccc(Cl)c(C)c3N1O2. The Morgan fingerprint density at radius 2 is 2.29 bits per heavy atom. The number of benzene rings is 1. The van der Waals surface area contributed by atoms with E-state index in [2.05, 4.69) is 26.5 Å². The second kappa shape index (κ2) is 3.76. The highest BCUT2D eigenvalue weighted by Gasteiger charge is 2.40. The van der Waals surface area contributed by atoms with Gasteiger partial charge in [-0.05, 0) is 31.0 Å². The van der Waals surface area contributed by atoms with Crippen molar-refractivity contribution >= 4 is 17.3 Å². The van der Waals surface area contributed by atoms with Crippen molar-refractivity contribution in [1.29, 1.82) is 0 Å². The molecular formula is C14H16ClNO. The predicted molar refractivity (Wildman–Crippen MR) is 70.5 cm³/mol. The normalized spacial score (nSPS) is 25.9. The van der Waals surface area contributed by atoms with E-state index in [0.717, 1.165) is 34.7 Å². The Morgan fingerprint density at radius 1 is 1.53 bits per heavy atom. The molecule has 0 radical (unpaired) electrons. The summed E-state index contributed by atoms with van der Waals surface area (Å²) in [5.74, 6) is 0. The molecule has 0 amide bonds. The van der Waals surface area contributed by atoms with Crippen molar-refractivity contribution in [2.75, 3.05) is 5.06 Å². The van der Waals surface area contributed by atoms with Crippen molar-refractivity contribution in [3.63, 3.8) is 0 Å². The number of anilines is 1. The summed E-state index contributed by atoms with van der Waals surface area (Å²) in [5, 5.41) is 2.82. The van der Waals surface area contributed by atoms with Crippen molar-refractivity contribution < 1.29 is 4.84 Å². The Morgan fingerprint density at radius 3 is 3.00 bits per heavy atom. The van der Waals surface area contributed by atoms with E-state index in [0.29, 0.717) is 12.1 Å². The molecule has 2 nitrogen and oxygen atoms in total. The average molecular weight is 250 g/mol. The first-order valence-electron chi connectivity index (χ1n) is 5.97. The molecule has 1 aromatic rings. The average Bonchev–Trinajstić information content (AvgIpc) is 2.62. The Balaban J connectivity index is 2.13. The van der Waals surface area contributed by atoms with E-state index < -0.39 is 0 Å². The second-order valence-electron chi connectivity index (χ2n) is 5.04. The van der Waals surface area contributed by atoms with Gasteiger partial charge < -0.3 is 0 Å². The van der Waals surface area contributed by atoms with Crippen LogP contribution in [0.25, 0.3) is 0 Å².